The van der Waals surface area contributed by atoms with E-state index in [2.05, 4.69) is 6.92 Å². The van der Waals surface area contributed by atoms with E-state index in [1.54, 1.807) is 0 Å². The van der Waals surface area contributed by atoms with Crippen LogP contribution >= 0.6 is 17.2 Å². The predicted octanol–water partition coefficient (Wildman–Crippen LogP) is 1.06. The second kappa shape index (κ2) is 3.11. The molecule has 1 saturated heterocycles. The fourth-order valence-corrected chi connectivity index (χ4v) is 3.88. The quantitative estimate of drug-likeness (QED) is 0.512. The van der Waals surface area contributed by atoms with E-state index in [1.807, 2.05) is 0 Å². The number of rotatable bonds is 0. The van der Waals surface area contributed by atoms with Gasteiger partial charge in [-0.25, -0.2) is 0 Å². The second-order valence-corrected chi connectivity index (χ2v) is 5.52. The Kier molecular flexibility index (Phi) is 2.69. The lowest BCUT2D eigenvalue weighted by Gasteiger charge is -2.21. The number of hydrogen-bond donors (Lipinski definition) is 1. The van der Waals surface area contributed by atoms with Crippen molar-refractivity contribution in [1.82, 2.24) is 0 Å². The topological polar surface area (TPSA) is 20.2 Å². The molecule has 1 nitrogen and oxygen atoms in total. The lowest BCUT2D eigenvalue weighted by atomic mass is 10.6. The maximum Gasteiger partial charge on any atom is 0.0739 e. The van der Waals surface area contributed by atoms with E-state index >= 15 is 0 Å². The zero-order valence-electron chi connectivity index (χ0n) is 5.02. The monoisotopic (exact) mass is 150 g/mol. The van der Waals surface area contributed by atoms with Gasteiger partial charge in [0.25, 0.3) is 0 Å². The van der Waals surface area contributed by atoms with Crippen LogP contribution in [0.1, 0.15) is 6.92 Å². The first-order valence-corrected chi connectivity index (χ1v) is 5.51. The Morgan fingerprint density at radius 2 is 2.12 bits per heavy atom. The van der Waals surface area contributed by atoms with Crippen molar-refractivity contribution in [1.29, 1.82) is 0 Å². The van der Waals surface area contributed by atoms with Crippen molar-refractivity contribution in [2.24, 2.45) is 0 Å². The fraction of sp³-hybridized carbons (Fsp3) is 1.00. The van der Waals surface area contributed by atoms with Crippen LogP contribution in [0.25, 0.3) is 0 Å². The number of aliphatic hydroxyl groups is 1. The average molecular weight is 150 g/mol. The summed E-state index contributed by atoms with van der Waals surface area (Å²) in [4.78, 5) is 0. The molecule has 4 unspecified atom stereocenters. The second-order valence-electron chi connectivity index (χ2n) is 2.23. The van der Waals surface area contributed by atoms with Gasteiger partial charge in [0.05, 0.1) is 5.85 Å². The van der Waals surface area contributed by atoms with Gasteiger partial charge in [0.2, 0.25) is 0 Å². The highest BCUT2D eigenvalue weighted by Gasteiger charge is 2.14. The number of hydrogen-bond acceptors (Lipinski definition) is 1. The highest BCUT2D eigenvalue weighted by molar-refractivity contribution is 7.47. The third-order valence-corrected chi connectivity index (χ3v) is 5.18. The molecule has 0 radical (unpaired) electrons. The van der Waals surface area contributed by atoms with E-state index in [0.717, 1.165) is 29.0 Å². The highest BCUT2D eigenvalue weighted by Crippen LogP contribution is 2.36. The SMILES string of the molecule is CC1CPC(O)CP1. The molecule has 0 aromatic heterocycles. The molecule has 0 aromatic rings. The molecule has 3 heteroatoms. The van der Waals surface area contributed by atoms with E-state index in [-0.39, 0.29) is 5.85 Å². The van der Waals surface area contributed by atoms with Gasteiger partial charge in [-0.2, -0.15) is 0 Å². The van der Waals surface area contributed by atoms with Gasteiger partial charge in [0.15, 0.2) is 0 Å². The normalized spacial score (nSPS) is 45.8. The molecule has 1 rings (SSSR count). The van der Waals surface area contributed by atoms with E-state index < -0.39 is 0 Å². The summed E-state index contributed by atoms with van der Waals surface area (Å²) in [5.74, 6) is 0.0598. The van der Waals surface area contributed by atoms with Crippen molar-refractivity contribution in [3.63, 3.8) is 0 Å². The van der Waals surface area contributed by atoms with Crippen molar-refractivity contribution in [2.75, 3.05) is 12.3 Å². The maximum absolute atomic E-state index is 9.05. The molecule has 1 aliphatic rings. The summed E-state index contributed by atoms with van der Waals surface area (Å²) in [6.45, 7) is 2.28. The largest absolute Gasteiger partial charge is 0.389 e. The van der Waals surface area contributed by atoms with Crippen molar-refractivity contribution >= 4 is 17.2 Å². The van der Waals surface area contributed by atoms with E-state index in [0.29, 0.717) is 0 Å². The minimum Gasteiger partial charge on any atom is -0.389 e. The molecule has 1 heterocycles. The minimum atomic E-state index is 0.0598. The molecular weight excluding hydrogens is 138 g/mol. The molecule has 0 saturated carbocycles. The van der Waals surface area contributed by atoms with Crippen LogP contribution in [0.4, 0.5) is 0 Å². The first-order chi connectivity index (χ1) is 3.79. The molecule has 0 aromatic carbocycles. The van der Waals surface area contributed by atoms with Gasteiger partial charge in [-0.05, 0) is 18.0 Å². The molecule has 1 fully saturated rings. The van der Waals surface area contributed by atoms with E-state index in [4.69, 9.17) is 5.11 Å². The molecule has 0 spiro atoms. The Hall–Kier alpha value is 0.820. The Labute approximate surface area is 53.8 Å². The zero-order valence-corrected chi connectivity index (χ0v) is 7.02. The van der Waals surface area contributed by atoms with Crippen molar-refractivity contribution in [3.05, 3.63) is 0 Å². The van der Waals surface area contributed by atoms with E-state index in [9.17, 15) is 0 Å². The minimum absolute atomic E-state index is 0.0598. The van der Waals surface area contributed by atoms with Crippen molar-refractivity contribution < 1.29 is 5.11 Å². The average Bonchev–Trinajstić information content (AvgIpc) is 1.77. The Morgan fingerprint density at radius 1 is 1.38 bits per heavy atom. The summed E-state index contributed by atoms with van der Waals surface area (Å²) in [6, 6.07) is 0. The van der Waals surface area contributed by atoms with Gasteiger partial charge < -0.3 is 5.11 Å². The van der Waals surface area contributed by atoms with Gasteiger partial charge in [-0.3, -0.25) is 0 Å². The Morgan fingerprint density at radius 3 is 2.50 bits per heavy atom. The summed E-state index contributed by atoms with van der Waals surface area (Å²) in [5.41, 5.74) is 0.900. The zero-order chi connectivity index (χ0) is 5.98. The lowest BCUT2D eigenvalue weighted by Crippen LogP contribution is -2.14. The van der Waals surface area contributed by atoms with Gasteiger partial charge in [0, 0.05) is 0 Å². The van der Waals surface area contributed by atoms with E-state index in [1.165, 1.54) is 6.16 Å². The third kappa shape index (κ3) is 1.97. The molecule has 8 heavy (non-hydrogen) atoms. The smallest absolute Gasteiger partial charge is 0.0739 e. The predicted molar refractivity (Wildman–Crippen MR) is 41.8 cm³/mol. The summed E-state index contributed by atoms with van der Waals surface area (Å²) < 4.78 is 0. The van der Waals surface area contributed by atoms with Crippen LogP contribution in [0.15, 0.2) is 0 Å². The van der Waals surface area contributed by atoms with Gasteiger partial charge in [-0.15, -0.1) is 8.58 Å². The first-order valence-electron chi connectivity index (χ1n) is 2.94. The lowest BCUT2D eigenvalue weighted by molar-refractivity contribution is 0.282. The molecule has 4 atom stereocenters. The van der Waals surface area contributed by atoms with Crippen LogP contribution in [0.2, 0.25) is 0 Å². The highest BCUT2D eigenvalue weighted by atomic mass is 31.1. The molecule has 48 valence electrons. The molecule has 0 aliphatic carbocycles. The summed E-state index contributed by atoms with van der Waals surface area (Å²) in [5, 5.41) is 9.05. The van der Waals surface area contributed by atoms with Crippen LogP contribution in [0.3, 0.4) is 0 Å². The van der Waals surface area contributed by atoms with Crippen LogP contribution in [-0.2, 0) is 0 Å². The molecule has 0 amide bonds. The molecular formula is C5H12OP2. The van der Waals surface area contributed by atoms with Crippen LogP contribution in [0, 0.1) is 0 Å². The van der Waals surface area contributed by atoms with Crippen LogP contribution in [0.5, 0.6) is 0 Å². The summed E-state index contributed by atoms with van der Waals surface area (Å²) >= 11 is 0. The standard InChI is InChI=1S/C5H12OP2/c1-4-2-8-5(6)3-7-4/h4-8H,2-3H2,1H3. The van der Waals surface area contributed by atoms with Gasteiger partial charge in [0.1, 0.15) is 0 Å². The van der Waals surface area contributed by atoms with Crippen LogP contribution < -0.4 is 0 Å². The Bertz CT molecular complexity index is 58.8. The Balaban J connectivity index is 2.19. The third-order valence-electron chi connectivity index (χ3n) is 1.32. The number of aliphatic hydroxyl groups excluding tert-OH is 1. The fourth-order valence-electron chi connectivity index (χ4n) is 0.770. The van der Waals surface area contributed by atoms with Crippen LogP contribution in [-0.4, -0.2) is 28.9 Å². The first kappa shape index (κ1) is 6.93. The molecule has 0 bridgehead atoms. The molecule has 1 N–H and O–H groups in total. The van der Waals surface area contributed by atoms with Crippen molar-refractivity contribution in [3.8, 4) is 0 Å². The van der Waals surface area contributed by atoms with Gasteiger partial charge in [-0.1, -0.05) is 15.5 Å². The summed E-state index contributed by atoms with van der Waals surface area (Å²) in [6.07, 6.45) is 2.33. The molecule has 1 aliphatic heterocycles. The van der Waals surface area contributed by atoms with Crippen molar-refractivity contribution in [2.45, 2.75) is 18.4 Å². The summed E-state index contributed by atoms with van der Waals surface area (Å²) in [7, 11) is 1.83. The van der Waals surface area contributed by atoms with Gasteiger partial charge >= 0.3 is 0 Å². The maximum atomic E-state index is 9.05.